The Kier molecular flexibility index (Phi) is 9.74. The van der Waals surface area contributed by atoms with Crippen molar-refractivity contribution in [2.75, 3.05) is 39.8 Å². The van der Waals surface area contributed by atoms with E-state index in [2.05, 4.69) is 6.92 Å². The fraction of sp³-hybridized carbons (Fsp3) is 0.690. The van der Waals surface area contributed by atoms with Gasteiger partial charge in [-0.15, -0.1) is 0 Å². The molecule has 1 aromatic carbocycles. The number of nitrogens with zero attached hydrogens (tertiary/aromatic N) is 3. The second-order valence-corrected chi connectivity index (χ2v) is 11.5. The second kappa shape index (κ2) is 13.0. The predicted octanol–water partition coefficient (Wildman–Crippen LogP) is 5.32. The predicted molar refractivity (Wildman–Crippen MR) is 144 cm³/mol. The molecule has 204 valence electrons. The van der Waals surface area contributed by atoms with Crippen LogP contribution in [-0.4, -0.2) is 78.5 Å². The number of ether oxygens (including phenoxy) is 1. The van der Waals surface area contributed by atoms with Crippen LogP contribution in [0.2, 0.25) is 5.02 Å². The Labute approximate surface area is 226 Å². The summed E-state index contributed by atoms with van der Waals surface area (Å²) in [5.41, 5.74) is 1.06. The smallest absolute Gasteiger partial charge is 0.409 e. The summed E-state index contributed by atoms with van der Waals surface area (Å²) in [4.78, 5) is 44.5. The first-order chi connectivity index (χ1) is 17.9. The van der Waals surface area contributed by atoms with E-state index in [4.69, 9.17) is 16.3 Å². The van der Waals surface area contributed by atoms with Crippen LogP contribution in [0.5, 0.6) is 0 Å². The molecule has 2 atom stereocenters. The summed E-state index contributed by atoms with van der Waals surface area (Å²) >= 11 is 6.13. The molecule has 1 aromatic rings. The fourth-order valence-electron chi connectivity index (χ4n) is 5.67. The van der Waals surface area contributed by atoms with Gasteiger partial charge in [0.25, 0.3) is 0 Å². The Morgan fingerprint density at radius 3 is 2.35 bits per heavy atom. The largest absolute Gasteiger partial charge is 0.449 e. The summed E-state index contributed by atoms with van der Waals surface area (Å²) in [5, 5.41) is 0.662. The first-order valence-electron chi connectivity index (χ1n) is 14.1. The van der Waals surface area contributed by atoms with E-state index in [9.17, 15) is 14.4 Å². The van der Waals surface area contributed by atoms with E-state index in [-0.39, 0.29) is 35.8 Å². The van der Waals surface area contributed by atoms with Gasteiger partial charge in [-0.2, -0.15) is 0 Å². The number of hydrogen-bond donors (Lipinski definition) is 0. The molecule has 2 unspecified atom stereocenters. The number of rotatable bonds is 10. The fourth-order valence-corrected chi connectivity index (χ4v) is 5.80. The highest BCUT2D eigenvalue weighted by Crippen LogP contribution is 2.35. The molecule has 8 heteroatoms. The maximum atomic E-state index is 13.6. The lowest BCUT2D eigenvalue weighted by Crippen LogP contribution is -2.45. The number of carbonyl (C=O) groups is 3. The Morgan fingerprint density at radius 2 is 1.70 bits per heavy atom. The lowest BCUT2D eigenvalue weighted by Gasteiger charge is -2.33. The molecule has 1 saturated carbocycles. The van der Waals surface area contributed by atoms with Crippen LogP contribution in [0.25, 0.3) is 0 Å². The van der Waals surface area contributed by atoms with Gasteiger partial charge in [0.2, 0.25) is 11.8 Å². The summed E-state index contributed by atoms with van der Waals surface area (Å²) in [6.45, 7) is 4.92. The Hall–Kier alpha value is -2.28. The van der Waals surface area contributed by atoms with Crippen LogP contribution in [0.4, 0.5) is 4.79 Å². The van der Waals surface area contributed by atoms with Gasteiger partial charge in [-0.3, -0.25) is 9.59 Å². The zero-order chi connectivity index (χ0) is 26.4. The van der Waals surface area contributed by atoms with Crippen molar-refractivity contribution >= 4 is 29.5 Å². The number of unbranched alkanes of at least 4 members (excludes halogenated alkanes) is 2. The molecule has 3 fully saturated rings. The number of carbonyl (C=O) groups excluding carboxylic acids is 3. The number of halogens is 1. The molecular formula is C29H42ClN3O4. The number of hydrogen-bond acceptors (Lipinski definition) is 4. The van der Waals surface area contributed by atoms with Gasteiger partial charge in [0.15, 0.2) is 0 Å². The Bertz CT molecular complexity index is 928. The first kappa shape index (κ1) is 27.7. The van der Waals surface area contributed by atoms with Crippen molar-refractivity contribution in [2.45, 2.75) is 76.7 Å². The van der Waals surface area contributed by atoms with Crippen molar-refractivity contribution in [3.05, 3.63) is 34.9 Å². The van der Waals surface area contributed by atoms with Gasteiger partial charge in [-0.05, 0) is 49.3 Å². The molecular weight excluding hydrogens is 490 g/mol. The summed E-state index contributed by atoms with van der Waals surface area (Å²) in [6, 6.07) is 7.53. The molecule has 2 saturated heterocycles. The SMILES string of the molecule is CCCCCC(=O)N1CCC(C(=O)N2CC(c3ccc(Cl)cc3)C(N(C)C(=O)OCCC3CC3)C2)CC1. The van der Waals surface area contributed by atoms with Crippen molar-refractivity contribution < 1.29 is 19.1 Å². The van der Waals surface area contributed by atoms with Crippen molar-refractivity contribution in [1.29, 1.82) is 0 Å². The maximum Gasteiger partial charge on any atom is 0.409 e. The third kappa shape index (κ3) is 7.40. The monoisotopic (exact) mass is 531 g/mol. The molecule has 0 radical (unpaired) electrons. The molecule has 3 amide bonds. The highest BCUT2D eigenvalue weighted by molar-refractivity contribution is 6.30. The van der Waals surface area contributed by atoms with Crippen LogP contribution in [0.1, 0.15) is 76.2 Å². The van der Waals surface area contributed by atoms with Gasteiger partial charge in [0, 0.05) is 56.5 Å². The normalized spacial score (nSPS) is 22.2. The number of likely N-dealkylation sites (N-methyl/N-ethyl adjacent to an activating group) is 1. The molecule has 0 N–H and O–H groups in total. The minimum Gasteiger partial charge on any atom is -0.449 e. The van der Waals surface area contributed by atoms with E-state index in [1.54, 1.807) is 11.9 Å². The van der Waals surface area contributed by atoms with Crippen LogP contribution in [0.15, 0.2) is 24.3 Å². The standard InChI is InChI=1S/C29H42ClN3O4/c1-3-4-5-6-27(34)32-16-13-23(14-17-32)28(35)33-19-25(22-9-11-24(30)12-10-22)26(20-33)31(2)29(36)37-18-15-21-7-8-21/h9-12,21,23,25-26H,3-8,13-20H2,1-2H3. The minimum atomic E-state index is -0.325. The lowest BCUT2D eigenvalue weighted by molar-refractivity contribution is -0.140. The van der Waals surface area contributed by atoms with Gasteiger partial charge in [-0.25, -0.2) is 4.79 Å². The molecule has 3 aliphatic rings. The van der Waals surface area contributed by atoms with Crippen molar-refractivity contribution in [3.63, 3.8) is 0 Å². The quantitative estimate of drug-likeness (QED) is 0.383. The van der Waals surface area contributed by atoms with Gasteiger partial charge >= 0.3 is 6.09 Å². The first-order valence-corrected chi connectivity index (χ1v) is 14.5. The number of likely N-dealkylation sites (tertiary alicyclic amines) is 2. The van der Waals surface area contributed by atoms with Gasteiger partial charge in [-0.1, -0.05) is 56.3 Å². The molecule has 0 spiro atoms. The van der Waals surface area contributed by atoms with E-state index < -0.39 is 0 Å². The van der Waals surface area contributed by atoms with E-state index in [1.165, 1.54) is 12.8 Å². The van der Waals surface area contributed by atoms with Crippen LogP contribution in [0.3, 0.4) is 0 Å². The van der Waals surface area contributed by atoms with Crippen LogP contribution >= 0.6 is 11.6 Å². The second-order valence-electron chi connectivity index (χ2n) is 11.0. The zero-order valence-corrected chi connectivity index (χ0v) is 23.1. The molecule has 0 bridgehead atoms. The maximum absolute atomic E-state index is 13.6. The van der Waals surface area contributed by atoms with Gasteiger partial charge < -0.3 is 19.4 Å². The van der Waals surface area contributed by atoms with Gasteiger partial charge in [0.1, 0.15) is 0 Å². The van der Waals surface area contributed by atoms with Crippen molar-refractivity contribution in [1.82, 2.24) is 14.7 Å². The number of benzene rings is 1. The summed E-state index contributed by atoms with van der Waals surface area (Å²) in [5.74, 6) is 0.959. The lowest BCUT2D eigenvalue weighted by atomic mass is 9.93. The summed E-state index contributed by atoms with van der Waals surface area (Å²) in [6.07, 6.45) is 8.18. The van der Waals surface area contributed by atoms with E-state index in [1.807, 2.05) is 34.1 Å². The zero-order valence-electron chi connectivity index (χ0n) is 22.4. The summed E-state index contributed by atoms with van der Waals surface area (Å²) in [7, 11) is 1.78. The van der Waals surface area contributed by atoms with E-state index >= 15 is 0 Å². The molecule has 0 aromatic heterocycles. The third-order valence-electron chi connectivity index (χ3n) is 8.32. The molecule has 4 rings (SSSR count). The highest BCUT2D eigenvalue weighted by atomic mass is 35.5. The van der Waals surface area contributed by atoms with Crippen molar-refractivity contribution in [3.8, 4) is 0 Å². The third-order valence-corrected chi connectivity index (χ3v) is 8.58. The van der Waals surface area contributed by atoms with E-state index in [0.717, 1.165) is 31.2 Å². The number of piperidine rings is 1. The molecule has 2 aliphatic heterocycles. The number of amides is 3. The minimum absolute atomic E-state index is 0.0116. The molecule has 2 heterocycles. The van der Waals surface area contributed by atoms with E-state index in [0.29, 0.717) is 63.0 Å². The molecule has 37 heavy (non-hydrogen) atoms. The van der Waals surface area contributed by atoms with Crippen LogP contribution < -0.4 is 0 Å². The average molecular weight is 532 g/mol. The molecule has 1 aliphatic carbocycles. The highest BCUT2D eigenvalue weighted by Gasteiger charge is 2.42. The Morgan fingerprint density at radius 1 is 1.00 bits per heavy atom. The molecule has 7 nitrogen and oxygen atoms in total. The average Bonchev–Trinajstić information content (AvgIpc) is 3.63. The van der Waals surface area contributed by atoms with Crippen molar-refractivity contribution in [2.24, 2.45) is 11.8 Å². The van der Waals surface area contributed by atoms with Crippen LogP contribution in [0, 0.1) is 11.8 Å². The van der Waals surface area contributed by atoms with Crippen LogP contribution in [-0.2, 0) is 14.3 Å². The Balaban J connectivity index is 1.37. The topological polar surface area (TPSA) is 70.2 Å². The van der Waals surface area contributed by atoms with Gasteiger partial charge in [0.05, 0.1) is 12.6 Å². The summed E-state index contributed by atoms with van der Waals surface area (Å²) < 4.78 is 5.58.